The number of anilines is 1. The first-order valence-electron chi connectivity index (χ1n) is 8.19. The number of nitrogens with one attached hydrogen (secondary N) is 1. The van der Waals surface area contributed by atoms with Gasteiger partial charge in [-0.05, 0) is 13.5 Å². The van der Waals surface area contributed by atoms with Crippen molar-refractivity contribution in [2.45, 2.75) is 33.6 Å². The summed E-state index contributed by atoms with van der Waals surface area (Å²) in [6, 6.07) is 0. The third-order valence-electron chi connectivity index (χ3n) is 4.10. The number of Topliss-reactive ketones (excluding diaryl/α,β-unsaturated/α-hetero) is 1. The molecule has 0 aromatic carbocycles. The van der Waals surface area contributed by atoms with E-state index in [9.17, 15) is 14.4 Å². The van der Waals surface area contributed by atoms with E-state index in [0.717, 1.165) is 32.7 Å². The molecule has 1 aromatic heterocycles. The first-order valence-corrected chi connectivity index (χ1v) is 9.00. The summed E-state index contributed by atoms with van der Waals surface area (Å²) in [5.74, 6) is -0.299. The Hall–Kier alpha value is -1.80. The number of piperazine rings is 1. The first-order chi connectivity index (χ1) is 11.4. The van der Waals surface area contributed by atoms with E-state index < -0.39 is 0 Å². The van der Waals surface area contributed by atoms with Crippen LogP contribution in [0.15, 0.2) is 0 Å². The zero-order valence-corrected chi connectivity index (χ0v) is 15.2. The van der Waals surface area contributed by atoms with E-state index in [1.807, 2.05) is 4.90 Å². The van der Waals surface area contributed by atoms with Crippen molar-refractivity contribution in [3.63, 3.8) is 0 Å². The average molecular weight is 352 g/mol. The van der Waals surface area contributed by atoms with Crippen molar-refractivity contribution in [3.05, 3.63) is 10.6 Å². The van der Waals surface area contributed by atoms with Crippen molar-refractivity contribution in [1.29, 1.82) is 0 Å². The highest BCUT2D eigenvalue weighted by atomic mass is 32.1. The Morgan fingerprint density at radius 3 is 2.38 bits per heavy atom. The molecule has 0 saturated carbocycles. The molecule has 132 valence electrons. The Kier molecular flexibility index (Phi) is 6.44. The van der Waals surface area contributed by atoms with Crippen LogP contribution >= 0.6 is 11.3 Å². The number of hydrogen-bond acceptors (Lipinski definition) is 6. The normalized spacial score (nSPS) is 15.4. The van der Waals surface area contributed by atoms with E-state index >= 15 is 0 Å². The Morgan fingerprint density at radius 1 is 1.17 bits per heavy atom. The van der Waals surface area contributed by atoms with Gasteiger partial charge in [-0.2, -0.15) is 0 Å². The van der Waals surface area contributed by atoms with Gasteiger partial charge in [0.1, 0.15) is 0 Å². The number of amides is 2. The van der Waals surface area contributed by atoms with Gasteiger partial charge in [-0.25, -0.2) is 4.98 Å². The minimum absolute atomic E-state index is 0.0145. The summed E-state index contributed by atoms with van der Waals surface area (Å²) in [4.78, 5) is 44.4. The highest BCUT2D eigenvalue weighted by Crippen LogP contribution is 2.23. The summed E-state index contributed by atoms with van der Waals surface area (Å²) in [7, 11) is 0. The maximum Gasteiger partial charge on any atom is 0.226 e. The van der Waals surface area contributed by atoms with Crippen LogP contribution in [0, 0.1) is 6.92 Å². The molecule has 8 heteroatoms. The molecule has 0 aliphatic carbocycles. The Labute approximate surface area is 146 Å². The second kappa shape index (κ2) is 8.34. The molecule has 0 radical (unpaired) electrons. The summed E-state index contributed by atoms with van der Waals surface area (Å²) >= 11 is 1.17. The number of hydrogen-bond donors (Lipinski definition) is 1. The summed E-state index contributed by atoms with van der Waals surface area (Å²) in [6.07, 6.45) is 0.322. The lowest BCUT2D eigenvalue weighted by atomic mass is 10.2. The molecule has 24 heavy (non-hydrogen) atoms. The topological polar surface area (TPSA) is 82.6 Å². The van der Waals surface area contributed by atoms with Gasteiger partial charge in [0, 0.05) is 45.9 Å². The molecule has 1 aliphatic heterocycles. The fraction of sp³-hybridized carbons (Fsp3) is 0.625. The number of aromatic nitrogens is 1. The number of ketones is 1. The van der Waals surface area contributed by atoms with Crippen LogP contribution in [0.1, 0.15) is 42.1 Å². The number of carbonyl (C=O) groups is 3. The smallest absolute Gasteiger partial charge is 0.226 e. The quantitative estimate of drug-likeness (QED) is 0.785. The van der Waals surface area contributed by atoms with E-state index in [4.69, 9.17) is 0 Å². The Bertz CT molecular complexity index is 621. The second-order valence-corrected chi connectivity index (χ2v) is 6.85. The van der Waals surface area contributed by atoms with Gasteiger partial charge in [0.15, 0.2) is 10.9 Å². The van der Waals surface area contributed by atoms with Crippen molar-refractivity contribution in [2.75, 3.05) is 38.0 Å². The summed E-state index contributed by atoms with van der Waals surface area (Å²) in [6.45, 7) is 9.55. The van der Waals surface area contributed by atoms with Gasteiger partial charge in [-0.1, -0.05) is 18.3 Å². The minimum Gasteiger partial charge on any atom is -0.340 e. The minimum atomic E-state index is -0.251. The molecule has 0 bridgehead atoms. The molecule has 0 spiro atoms. The van der Waals surface area contributed by atoms with Crippen LogP contribution in [-0.2, 0) is 9.59 Å². The number of likely N-dealkylation sites (N-methyl/N-ethyl adjacent to an activating group) is 1. The van der Waals surface area contributed by atoms with Crippen LogP contribution in [0.3, 0.4) is 0 Å². The van der Waals surface area contributed by atoms with E-state index in [1.165, 1.54) is 18.3 Å². The predicted octanol–water partition coefficient (Wildman–Crippen LogP) is 1.54. The Morgan fingerprint density at radius 2 is 1.83 bits per heavy atom. The van der Waals surface area contributed by atoms with E-state index in [1.54, 1.807) is 6.92 Å². The third kappa shape index (κ3) is 4.85. The number of nitrogens with zero attached hydrogens (tertiary/aromatic N) is 3. The molecule has 1 N–H and O–H groups in total. The fourth-order valence-corrected chi connectivity index (χ4v) is 3.53. The molecular formula is C16H24N4O3S. The van der Waals surface area contributed by atoms with Crippen LogP contribution in [-0.4, -0.2) is 65.1 Å². The van der Waals surface area contributed by atoms with Crippen LogP contribution in [0.25, 0.3) is 0 Å². The SMILES string of the molecule is CCN1CCN(C(=O)CCC(=O)Nc2nc(C)c(C(C)=O)s2)CC1. The number of carbonyl (C=O) groups excluding carboxylic acids is 3. The summed E-state index contributed by atoms with van der Waals surface area (Å²) in [5, 5.41) is 3.08. The van der Waals surface area contributed by atoms with Crippen molar-refractivity contribution < 1.29 is 14.4 Å². The van der Waals surface area contributed by atoms with E-state index in [-0.39, 0.29) is 30.4 Å². The highest BCUT2D eigenvalue weighted by molar-refractivity contribution is 7.17. The zero-order valence-electron chi connectivity index (χ0n) is 14.4. The Balaban J connectivity index is 1.78. The molecule has 7 nitrogen and oxygen atoms in total. The molecule has 1 saturated heterocycles. The van der Waals surface area contributed by atoms with Gasteiger partial charge >= 0.3 is 0 Å². The van der Waals surface area contributed by atoms with Crippen molar-refractivity contribution in [2.24, 2.45) is 0 Å². The van der Waals surface area contributed by atoms with Crippen LogP contribution in [0.4, 0.5) is 5.13 Å². The first kappa shape index (κ1) is 18.5. The van der Waals surface area contributed by atoms with Gasteiger partial charge in [-0.3, -0.25) is 14.4 Å². The monoisotopic (exact) mass is 352 g/mol. The molecule has 2 amide bonds. The number of rotatable bonds is 6. The summed E-state index contributed by atoms with van der Waals surface area (Å²) < 4.78 is 0. The lowest BCUT2D eigenvalue weighted by Gasteiger charge is -2.34. The molecular weight excluding hydrogens is 328 g/mol. The largest absolute Gasteiger partial charge is 0.340 e. The van der Waals surface area contributed by atoms with Crippen LogP contribution < -0.4 is 5.32 Å². The lowest BCUT2D eigenvalue weighted by molar-refractivity contribution is -0.134. The van der Waals surface area contributed by atoms with Crippen LogP contribution in [0.5, 0.6) is 0 Å². The average Bonchev–Trinajstić information content (AvgIpc) is 2.93. The van der Waals surface area contributed by atoms with E-state index in [0.29, 0.717) is 15.7 Å². The molecule has 0 unspecified atom stereocenters. The lowest BCUT2D eigenvalue weighted by Crippen LogP contribution is -2.48. The standard InChI is InChI=1S/C16H24N4O3S/c1-4-19-7-9-20(10-8-19)14(23)6-5-13(22)18-16-17-11(2)15(24-16)12(3)21/h4-10H2,1-3H3,(H,17,18,22). The van der Waals surface area contributed by atoms with Gasteiger partial charge in [0.25, 0.3) is 0 Å². The van der Waals surface area contributed by atoms with Gasteiger partial charge in [0.2, 0.25) is 11.8 Å². The molecule has 1 fully saturated rings. The molecule has 0 atom stereocenters. The third-order valence-corrected chi connectivity index (χ3v) is 5.27. The van der Waals surface area contributed by atoms with E-state index in [2.05, 4.69) is 22.1 Å². The van der Waals surface area contributed by atoms with Crippen molar-refractivity contribution in [3.8, 4) is 0 Å². The van der Waals surface area contributed by atoms with Crippen molar-refractivity contribution >= 4 is 34.1 Å². The van der Waals surface area contributed by atoms with Crippen LogP contribution in [0.2, 0.25) is 0 Å². The maximum absolute atomic E-state index is 12.2. The maximum atomic E-state index is 12.2. The molecule has 1 aromatic rings. The second-order valence-electron chi connectivity index (χ2n) is 5.85. The number of thiazole rings is 1. The van der Waals surface area contributed by atoms with Crippen molar-refractivity contribution in [1.82, 2.24) is 14.8 Å². The zero-order chi connectivity index (χ0) is 17.7. The van der Waals surface area contributed by atoms with Gasteiger partial charge in [-0.15, -0.1) is 0 Å². The molecule has 2 rings (SSSR count). The summed E-state index contributed by atoms with van der Waals surface area (Å²) in [5.41, 5.74) is 0.618. The van der Waals surface area contributed by atoms with Gasteiger partial charge in [0.05, 0.1) is 10.6 Å². The number of aryl methyl sites for hydroxylation is 1. The molecule has 2 heterocycles. The highest BCUT2D eigenvalue weighted by Gasteiger charge is 2.21. The van der Waals surface area contributed by atoms with Gasteiger partial charge < -0.3 is 15.1 Å². The fourth-order valence-electron chi connectivity index (χ4n) is 2.65. The molecule has 1 aliphatic rings. The predicted molar refractivity (Wildman–Crippen MR) is 93.4 cm³/mol.